The van der Waals surface area contributed by atoms with E-state index in [4.69, 9.17) is 9.47 Å². The minimum atomic E-state index is -0.240. The summed E-state index contributed by atoms with van der Waals surface area (Å²) >= 11 is 0. The highest BCUT2D eigenvalue weighted by molar-refractivity contribution is 5.79. The summed E-state index contributed by atoms with van der Waals surface area (Å²) in [7, 11) is 1.76. The molecule has 0 aliphatic carbocycles. The van der Waals surface area contributed by atoms with Gasteiger partial charge in [-0.25, -0.2) is 4.98 Å². The summed E-state index contributed by atoms with van der Waals surface area (Å²) in [6, 6.07) is 11.9. The van der Waals surface area contributed by atoms with Crippen molar-refractivity contribution in [2.45, 2.75) is 46.4 Å². The van der Waals surface area contributed by atoms with Crippen LogP contribution in [0.4, 0.5) is 0 Å². The number of rotatable bonds is 7. The molecule has 6 nitrogen and oxygen atoms in total. The third-order valence-corrected chi connectivity index (χ3v) is 3.61. The number of para-hydroxylation sites is 1. The van der Waals surface area contributed by atoms with E-state index in [1.807, 2.05) is 58.0 Å². The van der Waals surface area contributed by atoms with E-state index in [-0.39, 0.29) is 5.60 Å². The molecule has 0 bridgehead atoms. The highest BCUT2D eigenvalue weighted by Gasteiger charge is 2.14. The van der Waals surface area contributed by atoms with Crippen molar-refractivity contribution in [1.29, 1.82) is 0 Å². The summed E-state index contributed by atoms with van der Waals surface area (Å²) in [4.78, 5) is 8.47. The number of hydrogen-bond donors (Lipinski definition) is 2. The van der Waals surface area contributed by atoms with Crippen molar-refractivity contribution in [3.63, 3.8) is 0 Å². The van der Waals surface area contributed by atoms with Crippen molar-refractivity contribution < 1.29 is 9.47 Å². The van der Waals surface area contributed by atoms with E-state index < -0.39 is 0 Å². The molecule has 0 spiro atoms. The first-order chi connectivity index (χ1) is 12.9. The number of hydrogen-bond acceptors (Lipinski definition) is 4. The normalized spacial score (nSPS) is 11.8. The molecule has 146 valence electrons. The average molecular weight is 370 g/mol. The maximum absolute atomic E-state index is 6.04. The molecule has 0 fully saturated rings. The molecule has 1 aromatic carbocycles. The number of ether oxygens (including phenoxy) is 2. The molecular formula is C21H30N4O2. The largest absolute Gasteiger partial charge is 0.488 e. The van der Waals surface area contributed by atoms with Crippen LogP contribution in [0.15, 0.2) is 47.6 Å². The van der Waals surface area contributed by atoms with Crippen LogP contribution in [-0.2, 0) is 13.1 Å². The van der Waals surface area contributed by atoms with E-state index in [9.17, 15) is 0 Å². The van der Waals surface area contributed by atoms with Gasteiger partial charge in [0.2, 0.25) is 5.88 Å². The van der Waals surface area contributed by atoms with Gasteiger partial charge in [0.15, 0.2) is 5.96 Å². The molecule has 0 amide bonds. The summed E-state index contributed by atoms with van der Waals surface area (Å²) in [5, 5.41) is 6.64. The first-order valence-corrected chi connectivity index (χ1v) is 9.20. The number of aromatic nitrogens is 1. The van der Waals surface area contributed by atoms with Crippen LogP contribution in [0.2, 0.25) is 0 Å². The zero-order valence-corrected chi connectivity index (χ0v) is 16.9. The van der Waals surface area contributed by atoms with E-state index in [2.05, 4.69) is 26.7 Å². The summed E-state index contributed by atoms with van der Waals surface area (Å²) in [5.74, 6) is 2.23. The quantitative estimate of drug-likeness (QED) is 0.576. The van der Waals surface area contributed by atoms with Gasteiger partial charge in [0, 0.05) is 38.0 Å². The number of guanidine groups is 1. The van der Waals surface area contributed by atoms with Crippen LogP contribution in [0.1, 0.15) is 38.8 Å². The first kappa shape index (κ1) is 20.6. The van der Waals surface area contributed by atoms with Gasteiger partial charge in [-0.05, 0) is 45.4 Å². The highest BCUT2D eigenvalue weighted by Crippen LogP contribution is 2.22. The Morgan fingerprint density at radius 2 is 1.85 bits per heavy atom. The second-order valence-electron chi connectivity index (χ2n) is 7.04. The van der Waals surface area contributed by atoms with Gasteiger partial charge in [0.1, 0.15) is 11.4 Å². The zero-order chi connectivity index (χ0) is 19.7. The minimum Gasteiger partial charge on any atom is -0.488 e. The van der Waals surface area contributed by atoms with Crippen molar-refractivity contribution >= 4 is 5.96 Å². The van der Waals surface area contributed by atoms with Crippen LogP contribution >= 0.6 is 0 Å². The molecular weight excluding hydrogens is 340 g/mol. The fourth-order valence-corrected chi connectivity index (χ4v) is 2.45. The predicted octanol–water partition coefficient (Wildman–Crippen LogP) is 3.52. The van der Waals surface area contributed by atoms with E-state index in [0.29, 0.717) is 25.6 Å². The summed E-state index contributed by atoms with van der Waals surface area (Å²) < 4.78 is 11.5. The monoisotopic (exact) mass is 370 g/mol. The topological polar surface area (TPSA) is 67.8 Å². The molecule has 2 N–H and O–H groups in total. The van der Waals surface area contributed by atoms with Gasteiger partial charge in [-0.15, -0.1) is 0 Å². The number of pyridine rings is 1. The molecule has 0 aliphatic rings. The Hall–Kier alpha value is -2.76. The second kappa shape index (κ2) is 9.80. The molecule has 0 unspecified atom stereocenters. The van der Waals surface area contributed by atoms with Gasteiger partial charge in [0.25, 0.3) is 0 Å². The van der Waals surface area contributed by atoms with Gasteiger partial charge >= 0.3 is 0 Å². The molecule has 0 saturated carbocycles. The maximum atomic E-state index is 6.04. The lowest BCUT2D eigenvalue weighted by molar-refractivity contribution is 0.129. The SMILES string of the molecule is CCOc1cc(CNC(=NC)NCc2ccccc2OC(C)(C)C)ccn1. The molecule has 2 rings (SSSR count). The smallest absolute Gasteiger partial charge is 0.213 e. The van der Waals surface area contributed by atoms with E-state index in [0.717, 1.165) is 22.8 Å². The van der Waals surface area contributed by atoms with Crippen LogP contribution in [0, 0.1) is 0 Å². The van der Waals surface area contributed by atoms with Gasteiger partial charge in [-0.3, -0.25) is 4.99 Å². The molecule has 1 aromatic heterocycles. The average Bonchev–Trinajstić information content (AvgIpc) is 2.62. The zero-order valence-electron chi connectivity index (χ0n) is 16.9. The Kier molecular flexibility index (Phi) is 7.46. The fraction of sp³-hybridized carbons (Fsp3) is 0.429. The lowest BCUT2D eigenvalue weighted by atomic mass is 10.1. The Morgan fingerprint density at radius 3 is 2.56 bits per heavy atom. The van der Waals surface area contributed by atoms with Crippen molar-refractivity contribution in [2.24, 2.45) is 4.99 Å². The van der Waals surface area contributed by atoms with Gasteiger partial charge in [0.05, 0.1) is 6.61 Å². The maximum Gasteiger partial charge on any atom is 0.213 e. The van der Waals surface area contributed by atoms with Crippen LogP contribution in [0.3, 0.4) is 0 Å². The molecule has 0 aliphatic heterocycles. The van der Waals surface area contributed by atoms with Crippen LogP contribution in [-0.4, -0.2) is 30.2 Å². The summed E-state index contributed by atoms with van der Waals surface area (Å²) in [6.45, 7) is 9.92. The lowest BCUT2D eigenvalue weighted by Gasteiger charge is -2.23. The minimum absolute atomic E-state index is 0.240. The van der Waals surface area contributed by atoms with Crippen molar-refractivity contribution in [3.05, 3.63) is 53.7 Å². The summed E-state index contributed by atoms with van der Waals surface area (Å²) in [5.41, 5.74) is 1.92. The summed E-state index contributed by atoms with van der Waals surface area (Å²) in [6.07, 6.45) is 1.75. The van der Waals surface area contributed by atoms with Crippen molar-refractivity contribution in [1.82, 2.24) is 15.6 Å². The van der Waals surface area contributed by atoms with E-state index >= 15 is 0 Å². The molecule has 6 heteroatoms. The number of benzene rings is 1. The van der Waals surface area contributed by atoms with Gasteiger partial charge in [-0.2, -0.15) is 0 Å². The standard InChI is InChI=1S/C21H30N4O2/c1-6-26-19-13-16(11-12-23-19)14-24-20(22-5)25-15-17-9-7-8-10-18(17)27-21(2,3)4/h7-13H,6,14-15H2,1-5H3,(H2,22,24,25). The van der Waals surface area contributed by atoms with E-state index in [1.54, 1.807) is 13.2 Å². The van der Waals surface area contributed by atoms with Gasteiger partial charge in [-0.1, -0.05) is 18.2 Å². The highest BCUT2D eigenvalue weighted by atomic mass is 16.5. The number of aliphatic imine (C=N–C) groups is 1. The van der Waals surface area contributed by atoms with Crippen molar-refractivity contribution in [2.75, 3.05) is 13.7 Å². The third-order valence-electron chi connectivity index (χ3n) is 3.61. The first-order valence-electron chi connectivity index (χ1n) is 9.20. The van der Waals surface area contributed by atoms with Gasteiger partial charge < -0.3 is 20.1 Å². The molecule has 27 heavy (non-hydrogen) atoms. The Balaban J connectivity index is 1.94. The Labute approximate surface area is 162 Å². The van der Waals surface area contributed by atoms with Crippen LogP contribution in [0.5, 0.6) is 11.6 Å². The Bertz CT molecular complexity index is 754. The van der Waals surface area contributed by atoms with Crippen molar-refractivity contribution in [3.8, 4) is 11.6 Å². The molecule has 2 aromatic rings. The Morgan fingerprint density at radius 1 is 1.11 bits per heavy atom. The molecule has 0 atom stereocenters. The third kappa shape index (κ3) is 7.17. The lowest BCUT2D eigenvalue weighted by Crippen LogP contribution is -2.36. The van der Waals surface area contributed by atoms with Crippen LogP contribution in [0.25, 0.3) is 0 Å². The molecule has 0 saturated heterocycles. The number of nitrogens with one attached hydrogen (secondary N) is 2. The predicted molar refractivity (Wildman–Crippen MR) is 109 cm³/mol. The fourth-order valence-electron chi connectivity index (χ4n) is 2.45. The molecule has 0 radical (unpaired) electrons. The van der Waals surface area contributed by atoms with E-state index in [1.165, 1.54) is 0 Å². The molecule has 1 heterocycles. The van der Waals surface area contributed by atoms with Crippen LogP contribution < -0.4 is 20.1 Å². The second-order valence-corrected chi connectivity index (χ2v) is 7.04. The number of nitrogens with zero attached hydrogens (tertiary/aromatic N) is 2.